The van der Waals surface area contributed by atoms with Crippen molar-refractivity contribution in [1.29, 1.82) is 0 Å². The van der Waals surface area contributed by atoms with Gasteiger partial charge in [-0.3, -0.25) is 9.59 Å². The van der Waals surface area contributed by atoms with Gasteiger partial charge in [-0.2, -0.15) is 9.61 Å². The van der Waals surface area contributed by atoms with Gasteiger partial charge in [-0.15, -0.1) is 10.2 Å². The molecule has 1 N–H and O–H groups in total. The minimum atomic E-state index is -0.367. The van der Waals surface area contributed by atoms with Crippen LogP contribution in [0.15, 0.2) is 41.4 Å². The minimum Gasteiger partial charge on any atom is -0.465 e. The smallest absolute Gasteiger partial charge is 0.319 e. The first kappa shape index (κ1) is 20.8. The molecular formula is C20H23N5O3S. The van der Waals surface area contributed by atoms with Gasteiger partial charge in [-0.05, 0) is 45.0 Å². The highest BCUT2D eigenvalue weighted by Crippen LogP contribution is 2.22. The Morgan fingerprint density at radius 2 is 1.93 bits per heavy atom. The molecule has 0 bridgehead atoms. The van der Waals surface area contributed by atoms with Crippen LogP contribution in [0.1, 0.15) is 35.6 Å². The first-order chi connectivity index (χ1) is 14.0. The summed E-state index contributed by atoms with van der Waals surface area (Å²) in [6.07, 6.45) is 0.479. The molecule has 0 spiro atoms. The van der Waals surface area contributed by atoms with Gasteiger partial charge in [0.2, 0.25) is 0 Å². The summed E-state index contributed by atoms with van der Waals surface area (Å²) in [5.41, 5.74) is 2.33. The van der Waals surface area contributed by atoms with Gasteiger partial charge in [0.15, 0.2) is 11.5 Å². The molecule has 9 heteroatoms. The van der Waals surface area contributed by atoms with Gasteiger partial charge in [0.05, 0.1) is 6.61 Å². The van der Waals surface area contributed by atoms with Gasteiger partial charge in [-0.1, -0.05) is 29.5 Å². The van der Waals surface area contributed by atoms with Crippen molar-refractivity contribution in [3.05, 3.63) is 53.3 Å². The van der Waals surface area contributed by atoms with Gasteiger partial charge >= 0.3 is 5.97 Å². The molecule has 2 aromatic heterocycles. The van der Waals surface area contributed by atoms with E-state index in [4.69, 9.17) is 4.74 Å². The lowest BCUT2D eigenvalue weighted by Crippen LogP contribution is -2.26. The summed E-state index contributed by atoms with van der Waals surface area (Å²) in [5, 5.41) is 16.0. The zero-order valence-corrected chi connectivity index (χ0v) is 17.4. The number of thioether (sulfide) groups is 1. The molecule has 1 amide bonds. The van der Waals surface area contributed by atoms with E-state index in [-0.39, 0.29) is 17.1 Å². The van der Waals surface area contributed by atoms with E-state index in [1.54, 1.807) is 42.6 Å². The molecule has 3 aromatic rings. The molecule has 1 aromatic carbocycles. The molecule has 0 saturated carbocycles. The van der Waals surface area contributed by atoms with Crippen molar-refractivity contribution < 1.29 is 14.3 Å². The molecule has 0 aliphatic rings. The summed E-state index contributed by atoms with van der Waals surface area (Å²) < 4.78 is 6.67. The Hall–Kier alpha value is -2.94. The van der Waals surface area contributed by atoms with Gasteiger partial charge < -0.3 is 10.1 Å². The molecule has 1 atom stereocenters. The number of amides is 1. The highest BCUT2D eigenvalue weighted by atomic mass is 32.2. The monoisotopic (exact) mass is 413 g/mol. The Morgan fingerprint density at radius 1 is 1.17 bits per heavy atom. The molecule has 152 valence electrons. The van der Waals surface area contributed by atoms with Crippen LogP contribution in [0, 0.1) is 6.92 Å². The van der Waals surface area contributed by atoms with Crippen molar-refractivity contribution in [3.8, 4) is 0 Å². The standard InChI is InChI=1S/C20H23N5O3S/c1-4-28-20(27)14(3)29-18-10-9-16-22-23-17(25(16)24-18)11-12-21-19(26)15-7-5-13(2)6-8-15/h5-10,14H,4,11-12H2,1-3H3,(H,21,26)/t14-/m0/s1. The summed E-state index contributed by atoms with van der Waals surface area (Å²) in [5.74, 6) is 0.226. The predicted molar refractivity (Wildman–Crippen MR) is 110 cm³/mol. The number of hydrogen-bond donors (Lipinski definition) is 1. The van der Waals surface area contributed by atoms with Crippen LogP contribution in [-0.2, 0) is 16.0 Å². The van der Waals surface area contributed by atoms with E-state index in [1.165, 1.54) is 11.8 Å². The lowest BCUT2D eigenvalue weighted by atomic mass is 10.1. The van der Waals surface area contributed by atoms with Gasteiger partial charge in [0.1, 0.15) is 10.3 Å². The van der Waals surface area contributed by atoms with Gasteiger partial charge in [0.25, 0.3) is 5.91 Å². The average molecular weight is 414 g/mol. The second-order valence-electron chi connectivity index (χ2n) is 6.44. The first-order valence-corrected chi connectivity index (χ1v) is 10.3. The van der Waals surface area contributed by atoms with Gasteiger partial charge in [0, 0.05) is 18.5 Å². The second kappa shape index (κ2) is 9.51. The predicted octanol–water partition coefficient (Wildman–Crippen LogP) is 2.45. The van der Waals surface area contributed by atoms with Crippen LogP contribution in [0.5, 0.6) is 0 Å². The second-order valence-corrected chi connectivity index (χ2v) is 7.80. The molecule has 2 heterocycles. The molecule has 0 unspecified atom stereocenters. The van der Waals surface area contributed by atoms with E-state index in [1.807, 2.05) is 19.1 Å². The van der Waals surface area contributed by atoms with Crippen LogP contribution < -0.4 is 5.32 Å². The summed E-state index contributed by atoms with van der Waals surface area (Å²) in [6, 6.07) is 11.0. The summed E-state index contributed by atoms with van der Waals surface area (Å²) >= 11 is 1.31. The fraction of sp³-hybridized carbons (Fsp3) is 0.350. The Morgan fingerprint density at radius 3 is 2.66 bits per heavy atom. The Kier molecular flexibility index (Phi) is 6.82. The number of fused-ring (bicyclic) bond motifs is 1. The maximum atomic E-state index is 12.2. The number of ether oxygens (including phenoxy) is 1. The minimum absolute atomic E-state index is 0.133. The third kappa shape index (κ3) is 5.32. The number of rotatable bonds is 8. The molecule has 0 fully saturated rings. The van der Waals surface area contributed by atoms with Crippen LogP contribution in [0.2, 0.25) is 0 Å². The van der Waals surface area contributed by atoms with Crippen molar-refractivity contribution in [2.45, 2.75) is 37.5 Å². The van der Waals surface area contributed by atoms with Crippen LogP contribution in [0.3, 0.4) is 0 Å². The zero-order valence-electron chi connectivity index (χ0n) is 16.6. The number of nitrogens with zero attached hydrogens (tertiary/aromatic N) is 4. The molecule has 0 saturated heterocycles. The van der Waals surface area contributed by atoms with Crippen LogP contribution in [0.4, 0.5) is 0 Å². The summed E-state index contributed by atoms with van der Waals surface area (Å²) in [4.78, 5) is 24.0. The van der Waals surface area contributed by atoms with E-state index in [0.29, 0.717) is 41.6 Å². The topological polar surface area (TPSA) is 98.5 Å². The molecular weight excluding hydrogens is 390 g/mol. The van der Waals surface area contributed by atoms with E-state index in [9.17, 15) is 9.59 Å². The molecule has 8 nitrogen and oxygen atoms in total. The van der Waals surface area contributed by atoms with E-state index in [0.717, 1.165) is 5.56 Å². The first-order valence-electron chi connectivity index (χ1n) is 9.37. The van der Waals surface area contributed by atoms with Gasteiger partial charge in [-0.25, -0.2) is 0 Å². The van der Waals surface area contributed by atoms with E-state index < -0.39 is 0 Å². The van der Waals surface area contributed by atoms with E-state index in [2.05, 4.69) is 20.6 Å². The van der Waals surface area contributed by atoms with Crippen molar-refractivity contribution in [2.24, 2.45) is 0 Å². The number of aromatic nitrogens is 4. The van der Waals surface area contributed by atoms with Crippen molar-refractivity contribution in [3.63, 3.8) is 0 Å². The maximum Gasteiger partial charge on any atom is 0.319 e. The SMILES string of the molecule is CCOC(=O)[C@H](C)Sc1ccc2nnc(CCNC(=O)c3ccc(C)cc3)n2n1. The number of hydrogen-bond acceptors (Lipinski definition) is 7. The van der Waals surface area contributed by atoms with Crippen LogP contribution in [0.25, 0.3) is 5.65 Å². The molecule has 0 radical (unpaired) electrons. The third-order valence-electron chi connectivity index (χ3n) is 4.17. The lowest BCUT2D eigenvalue weighted by Gasteiger charge is -2.09. The number of carbonyl (C=O) groups excluding carboxylic acids is 2. The number of carbonyl (C=O) groups is 2. The Bertz CT molecular complexity index is 1000. The number of aryl methyl sites for hydroxylation is 1. The van der Waals surface area contributed by atoms with Crippen molar-refractivity contribution in [2.75, 3.05) is 13.2 Å². The number of esters is 1. The normalized spacial score (nSPS) is 12.0. The number of benzene rings is 1. The highest BCUT2D eigenvalue weighted by Gasteiger charge is 2.17. The Balaban J connectivity index is 1.63. The van der Waals surface area contributed by atoms with E-state index >= 15 is 0 Å². The average Bonchev–Trinajstić information content (AvgIpc) is 3.11. The van der Waals surface area contributed by atoms with Crippen LogP contribution >= 0.6 is 11.8 Å². The highest BCUT2D eigenvalue weighted by molar-refractivity contribution is 8.00. The quantitative estimate of drug-likeness (QED) is 0.447. The lowest BCUT2D eigenvalue weighted by molar-refractivity contribution is -0.142. The van der Waals surface area contributed by atoms with Crippen LogP contribution in [-0.4, -0.2) is 50.1 Å². The fourth-order valence-electron chi connectivity index (χ4n) is 2.62. The maximum absolute atomic E-state index is 12.2. The summed E-state index contributed by atoms with van der Waals surface area (Å²) in [7, 11) is 0. The van der Waals surface area contributed by atoms with Crippen molar-refractivity contribution in [1.82, 2.24) is 25.1 Å². The molecule has 0 aliphatic heterocycles. The Labute approximate surface area is 173 Å². The third-order valence-corrected chi connectivity index (χ3v) is 5.17. The summed E-state index contributed by atoms with van der Waals surface area (Å²) in [6.45, 7) is 6.29. The zero-order chi connectivity index (χ0) is 20.8. The molecule has 29 heavy (non-hydrogen) atoms. The molecule has 0 aliphatic carbocycles. The number of nitrogens with one attached hydrogen (secondary N) is 1. The largest absolute Gasteiger partial charge is 0.465 e. The van der Waals surface area contributed by atoms with Crippen molar-refractivity contribution >= 4 is 29.3 Å². The molecule has 3 rings (SSSR count). The fourth-order valence-corrected chi connectivity index (χ4v) is 3.42.